The third-order valence-electron chi connectivity index (χ3n) is 7.67. The first-order chi connectivity index (χ1) is 17.2. The highest BCUT2D eigenvalue weighted by molar-refractivity contribution is 5.57. The van der Waals surface area contributed by atoms with E-state index in [4.69, 9.17) is 9.47 Å². The van der Waals surface area contributed by atoms with E-state index in [1.807, 2.05) is 26.0 Å². The highest BCUT2D eigenvalue weighted by Gasteiger charge is 2.33. The molecule has 2 aromatic carbocycles. The molecule has 1 aliphatic heterocycles. The molecule has 0 aromatic heterocycles. The smallest absolute Gasteiger partial charge is 0.120 e. The molecule has 1 saturated heterocycles. The standard InChI is InChI=1S/C31H43NO4/c1-22(33)18-29(24-8-9-24)26-6-5-7-28(19-26)36-21-23-13-16-32(17-14-23)30-20-27(35-4)11-10-25(30)12-15-31(2,3)34/h5-7,10-11,19-20,23-24,29,33-34H,1,8-9,12-18,21H2,2-4H3. The average Bonchev–Trinajstić information content (AvgIpc) is 3.70. The van der Waals surface area contributed by atoms with E-state index in [2.05, 4.69) is 41.8 Å². The summed E-state index contributed by atoms with van der Waals surface area (Å²) in [4.78, 5) is 2.46. The van der Waals surface area contributed by atoms with E-state index in [-0.39, 0.29) is 5.76 Å². The Morgan fingerprint density at radius 2 is 1.83 bits per heavy atom. The van der Waals surface area contributed by atoms with Crippen molar-refractivity contribution in [2.75, 3.05) is 31.7 Å². The summed E-state index contributed by atoms with van der Waals surface area (Å²) in [6, 6.07) is 14.7. The maximum absolute atomic E-state index is 10.2. The van der Waals surface area contributed by atoms with Gasteiger partial charge in [-0.05, 0) is 99.5 Å². The fraction of sp³-hybridized carbons (Fsp3) is 0.548. The molecule has 2 aliphatic rings. The summed E-state index contributed by atoms with van der Waals surface area (Å²) in [5.41, 5.74) is 3.06. The highest BCUT2D eigenvalue weighted by atomic mass is 16.5. The van der Waals surface area contributed by atoms with Crippen molar-refractivity contribution in [2.24, 2.45) is 11.8 Å². The molecular weight excluding hydrogens is 450 g/mol. The van der Waals surface area contributed by atoms with Gasteiger partial charge in [-0.2, -0.15) is 0 Å². The number of nitrogens with zero attached hydrogens (tertiary/aromatic N) is 1. The van der Waals surface area contributed by atoms with Crippen LogP contribution in [0.1, 0.15) is 69.4 Å². The van der Waals surface area contributed by atoms with Crippen LogP contribution >= 0.6 is 0 Å². The summed E-state index contributed by atoms with van der Waals surface area (Å²) >= 11 is 0. The summed E-state index contributed by atoms with van der Waals surface area (Å²) in [6.45, 7) is 10.1. The highest BCUT2D eigenvalue weighted by Crippen LogP contribution is 2.46. The minimum absolute atomic E-state index is 0.268. The van der Waals surface area contributed by atoms with Gasteiger partial charge in [-0.15, -0.1) is 0 Å². The van der Waals surface area contributed by atoms with Gasteiger partial charge in [-0.25, -0.2) is 0 Å². The Morgan fingerprint density at radius 1 is 1.08 bits per heavy atom. The van der Waals surface area contributed by atoms with Crippen molar-refractivity contribution in [1.82, 2.24) is 0 Å². The zero-order valence-corrected chi connectivity index (χ0v) is 22.2. The van der Waals surface area contributed by atoms with E-state index in [1.165, 1.54) is 29.7 Å². The molecule has 0 amide bonds. The second kappa shape index (κ2) is 11.6. The maximum Gasteiger partial charge on any atom is 0.120 e. The van der Waals surface area contributed by atoms with E-state index in [9.17, 15) is 10.2 Å². The van der Waals surface area contributed by atoms with Gasteiger partial charge in [0, 0.05) is 31.3 Å². The Bertz CT molecular complexity index is 1020. The second-order valence-electron chi connectivity index (χ2n) is 11.3. The van der Waals surface area contributed by atoms with Crippen LogP contribution in [0.3, 0.4) is 0 Å². The normalized spacial score (nSPS) is 17.6. The first-order valence-corrected chi connectivity index (χ1v) is 13.5. The lowest BCUT2D eigenvalue weighted by molar-refractivity contribution is 0.0714. The van der Waals surface area contributed by atoms with Crippen molar-refractivity contribution in [3.63, 3.8) is 0 Å². The second-order valence-corrected chi connectivity index (χ2v) is 11.3. The molecule has 5 nitrogen and oxygen atoms in total. The first-order valence-electron chi connectivity index (χ1n) is 13.5. The van der Waals surface area contributed by atoms with Crippen molar-refractivity contribution < 1.29 is 19.7 Å². The van der Waals surface area contributed by atoms with Crippen molar-refractivity contribution in [2.45, 2.75) is 70.3 Å². The van der Waals surface area contributed by atoms with Crippen LogP contribution in [-0.2, 0) is 6.42 Å². The van der Waals surface area contributed by atoms with Gasteiger partial charge in [-0.1, -0.05) is 24.8 Å². The van der Waals surface area contributed by atoms with Gasteiger partial charge < -0.3 is 24.6 Å². The van der Waals surface area contributed by atoms with Crippen LogP contribution in [0.5, 0.6) is 11.5 Å². The molecule has 2 fully saturated rings. The molecule has 1 unspecified atom stereocenters. The van der Waals surface area contributed by atoms with Crippen molar-refractivity contribution in [1.29, 1.82) is 0 Å². The topological polar surface area (TPSA) is 62.2 Å². The lowest BCUT2D eigenvalue weighted by atomic mass is 9.90. The van der Waals surface area contributed by atoms with Gasteiger partial charge in [0.15, 0.2) is 0 Å². The van der Waals surface area contributed by atoms with Crippen LogP contribution in [-0.4, -0.2) is 42.6 Å². The first kappa shape index (κ1) is 26.4. The van der Waals surface area contributed by atoms with E-state index < -0.39 is 5.60 Å². The largest absolute Gasteiger partial charge is 0.513 e. The lowest BCUT2D eigenvalue weighted by Crippen LogP contribution is -2.36. The quantitative estimate of drug-likeness (QED) is 0.324. The zero-order valence-electron chi connectivity index (χ0n) is 22.2. The number of ether oxygens (including phenoxy) is 2. The van der Waals surface area contributed by atoms with Crippen molar-refractivity contribution >= 4 is 5.69 Å². The molecule has 0 spiro atoms. The van der Waals surface area contributed by atoms with E-state index in [1.54, 1.807) is 7.11 Å². The predicted octanol–water partition coefficient (Wildman–Crippen LogP) is 6.65. The molecule has 1 heterocycles. The molecule has 5 heteroatoms. The fourth-order valence-electron chi connectivity index (χ4n) is 5.32. The minimum Gasteiger partial charge on any atom is -0.513 e. The van der Waals surface area contributed by atoms with Crippen LogP contribution in [0.25, 0.3) is 0 Å². The summed E-state index contributed by atoms with van der Waals surface area (Å²) < 4.78 is 11.8. The third-order valence-corrected chi connectivity index (χ3v) is 7.67. The Hall–Kier alpha value is -2.66. The summed E-state index contributed by atoms with van der Waals surface area (Å²) in [6.07, 6.45) is 6.82. The number of hydrogen-bond acceptors (Lipinski definition) is 5. The predicted molar refractivity (Wildman–Crippen MR) is 146 cm³/mol. The maximum atomic E-state index is 10.2. The number of aliphatic hydroxyl groups excluding tert-OH is 1. The number of piperidine rings is 1. The number of aryl methyl sites for hydroxylation is 1. The molecule has 1 atom stereocenters. The van der Waals surface area contributed by atoms with Gasteiger partial charge in [0.05, 0.1) is 25.1 Å². The number of allylic oxidation sites excluding steroid dienone is 1. The van der Waals surface area contributed by atoms with Crippen LogP contribution in [0.2, 0.25) is 0 Å². The van der Waals surface area contributed by atoms with Crippen molar-refractivity contribution in [3.05, 3.63) is 65.9 Å². The molecule has 196 valence electrons. The summed E-state index contributed by atoms with van der Waals surface area (Å²) in [7, 11) is 1.71. The molecule has 0 radical (unpaired) electrons. The van der Waals surface area contributed by atoms with Crippen molar-refractivity contribution in [3.8, 4) is 11.5 Å². The number of rotatable bonds is 12. The number of aliphatic hydroxyl groups is 2. The summed E-state index contributed by atoms with van der Waals surface area (Å²) in [5.74, 6) is 3.57. The molecule has 1 aliphatic carbocycles. The molecular formula is C31H43NO4. The third kappa shape index (κ3) is 7.42. The molecule has 0 bridgehead atoms. The number of benzene rings is 2. The molecule has 2 aromatic rings. The number of methoxy groups -OCH3 is 1. The molecule has 36 heavy (non-hydrogen) atoms. The van der Waals surface area contributed by atoms with Gasteiger partial charge in [0.1, 0.15) is 11.5 Å². The zero-order chi connectivity index (χ0) is 25.7. The van der Waals surface area contributed by atoms with E-state index in [0.29, 0.717) is 24.2 Å². The van der Waals surface area contributed by atoms with Gasteiger partial charge in [-0.3, -0.25) is 0 Å². The van der Waals surface area contributed by atoms with Crippen LogP contribution in [0.4, 0.5) is 5.69 Å². The van der Waals surface area contributed by atoms with Crippen LogP contribution in [0.15, 0.2) is 54.8 Å². The van der Waals surface area contributed by atoms with Crippen LogP contribution < -0.4 is 14.4 Å². The van der Waals surface area contributed by atoms with Gasteiger partial charge in [0.2, 0.25) is 0 Å². The van der Waals surface area contributed by atoms with Gasteiger partial charge in [0.25, 0.3) is 0 Å². The monoisotopic (exact) mass is 493 g/mol. The SMILES string of the molecule is C=C(O)CC(c1cccc(OCC2CCN(c3cc(OC)ccc3CCC(C)(C)O)CC2)c1)C1CC1. The number of anilines is 1. The molecule has 1 saturated carbocycles. The van der Waals surface area contributed by atoms with E-state index in [0.717, 1.165) is 56.9 Å². The van der Waals surface area contributed by atoms with Crippen LogP contribution in [0, 0.1) is 11.8 Å². The van der Waals surface area contributed by atoms with Gasteiger partial charge >= 0.3 is 0 Å². The fourth-order valence-corrected chi connectivity index (χ4v) is 5.32. The van der Waals surface area contributed by atoms with E-state index >= 15 is 0 Å². The Labute approximate surface area is 216 Å². The molecule has 2 N–H and O–H groups in total. The lowest BCUT2D eigenvalue weighted by Gasteiger charge is -2.35. The number of hydrogen-bond donors (Lipinski definition) is 2. The Morgan fingerprint density at radius 3 is 2.47 bits per heavy atom. The average molecular weight is 494 g/mol. The molecule has 4 rings (SSSR count). The summed E-state index contributed by atoms with van der Waals surface area (Å²) in [5, 5.41) is 20.0. The Balaban J connectivity index is 1.33. The Kier molecular flexibility index (Phi) is 8.50. The minimum atomic E-state index is -0.677.